The summed E-state index contributed by atoms with van der Waals surface area (Å²) in [6.07, 6.45) is 10.6. The van der Waals surface area contributed by atoms with Crippen molar-refractivity contribution < 1.29 is 0 Å². The molecule has 94 valence electrons. The van der Waals surface area contributed by atoms with Crippen LogP contribution in [0, 0.1) is 5.92 Å². The predicted octanol–water partition coefficient (Wildman–Crippen LogP) is 3.80. The van der Waals surface area contributed by atoms with Crippen LogP contribution < -0.4 is 0 Å². The van der Waals surface area contributed by atoms with Gasteiger partial charge in [0.2, 0.25) is 0 Å². The summed E-state index contributed by atoms with van der Waals surface area (Å²) in [5, 5.41) is 0. The van der Waals surface area contributed by atoms with E-state index in [1.165, 1.54) is 5.57 Å². The zero-order chi connectivity index (χ0) is 13.3. The van der Waals surface area contributed by atoms with Crippen LogP contribution in [0.4, 0.5) is 0 Å². The first-order valence-corrected chi connectivity index (χ1v) is 5.88. The maximum atomic E-state index is 4.49. The summed E-state index contributed by atoms with van der Waals surface area (Å²) < 4.78 is 0. The molecule has 0 rings (SSSR count). The minimum absolute atomic E-state index is 0.111. The highest BCUT2D eigenvalue weighted by Crippen LogP contribution is 2.11. The molecule has 0 heterocycles. The Morgan fingerprint density at radius 1 is 1.29 bits per heavy atom. The fraction of sp³-hybridized carbons (Fsp3) is 0.400. The molecule has 0 aromatic heterocycles. The normalized spacial score (nSPS) is 15.4. The van der Waals surface area contributed by atoms with Gasteiger partial charge in [-0.25, -0.2) is 0 Å². The molecule has 0 amide bonds. The van der Waals surface area contributed by atoms with Crippen molar-refractivity contribution in [2.75, 3.05) is 7.05 Å². The molecule has 2 heteroatoms. The molecule has 0 aliphatic rings. The van der Waals surface area contributed by atoms with E-state index >= 15 is 0 Å². The van der Waals surface area contributed by atoms with E-state index in [0.717, 1.165) is 6.42 Å². The largest absolute Gasteiger partial charge is 0.360 e. The fourth-order valence-corrected chi connectivity index (χ4v) is 1.27. The molecule has 0 saturated heterocycles. The van der Waals surface area contributed by atoms with E-state index in [1.807, 2.05) is 37.2 Å². The lowest BCUT2D eigenvalue weighted by Gasteiger charge is -2.19. The Morgan fingerprint density at radius 2 is 1.94 bits per heavy atom. The zero-order valence-electron chi connectivity index (χ0n) is 11.3. The van der Waals surface area contributed by atoms with Gasteiger partial charge < -0.3 is 4.90 Å². The van der Waals surface area contributed by atoms with Crippen LogP contribution in [0.5, 0.6) is 0 Å². The summed E-state index contributed by atoms with van der Waals surface area (Å²) in [6, 6.07) is 0. The molecule has 0 aliphatic heterocycles. The lowest BCUT2D eigenvalue weighted by Crippen LogP contribution is -2.21. The van der Waals surface area contributed by atoms with Gasteiger partial charge in [-0.1, -0.05) is 38.3 Å². The van der Waals surface area contributed by atoms with Crippen molar-refractivity contribution in [1.29, 1.82) is 0 Å². The van der Waals surface area contributed by atoms with Crippen molar-refractivity contribution >= 4 is 6.21 Å². The Labute approximate surface area is 106 Å². The molecule has 2 nitrogen and oxygen atoms in total. The average molecular weight is 232 g/mol. The van der Waals surface area contributed by atoms with Gasteiger partial charge >= 0.3 is 0 Å². The molecule has 2 unspecified atom stereocenters. The maximum Gasteiger partial charge on any atom is 0.117 e. The Bertz CT molecular complexity index is 313. The summed E-state index contributed by atoms with van der Waals surface area (Å²) >= 11 is 0. The first kappa shape index (κ1) is 15.4. The lowest BCUT2D eigenvalue weighted by molar-refractivity contribution is 0.364. The Morgan fingerprint density at radius 3 is 2.41 bits per heavy atom. The van der Waals surface area contributed by atoms with Crippen LogP contribution in [0.15, 0.2) is 54.7 Å². The second kappa shape index (κ2) is 8.57. The number of allylic oxidation sites excluding steroid dienone is 4. The molecule has 0 fully saturated rings. The van der Waals surface area contributed by atoms with Gasteiger partial charge in [-0.2, -0.15) is 0 Å². The van der Waals surface area contributed by atoms with Crippen LogP contribution >= 0.6 is 0 Å². The van der Waals surface area contributed by atoms with Gasteiger partial charge in [0.25, 0.3) is 0 Å². The van der Waals surface area contributed by atoms with Crippen molar-refractivity contribution in [3.63, 3.8) is 0 Å². The Kier molecular flexibility index (Phi) is 7.78. The quantitative estimate of drug-likeness (QED) is 0.353. The molecular formula is C15H24N2. The van der Waals surface area contributed by atoms with Crippen LogP contribution in [0.25, 0.3) is 0 Å². The van der Waals surface area contributed by atoms with E-state index < -0.39 is 0 Å². The highest BCUT2D eigenvalue weighted by atomic mass is 15.2. The maximum absolute atomic E-state index is 4.49. The second-order valence-corrected chi connectivity index (χ2v) is 4.00. The SMILES string of the molecule is C=CC/C=C(\C=C)C(C)/C=N\C(C)N(C)C=C. The van der Waals surface area contributed by atoms with Crippen molar-refractivity contribution in [3.8, 4) is 0 Å². The van der Waals surface area contributed by atoms with Gasteiger partial charge in [-0.3, -0.25) is 4.99 Å². The number of rotatable bonds is 8. The van der Waals surface area contributed by atoms with Gasteiger partial charge in [0.15, 0.2) is 0 Å². The standard InChI is InChI=1S/C15H24N2/c1-7-10-11-15(8-2)13(4)12-16-14(5)17(6)9-3/h7-9,11-14H,1-3,10H2,4-6H3/b15-11+,16-12-. The number of aliphatic imine (C=N–C) groups is 1. The first-order chi connectivity index (χ1) is 8.06. The number of hydrogen-bond donors (Lipinski definition) is 0. The van der Waals surface area contributed by atoms with Gasteiger partial charge in [-0.15, -0.1) is 6.58 Å². The van der Waals surface area contributed by atoms with E-state index in [0.29, 0.717) is 0 Å². The van der Waals surface area contributed by atoms with Crippen molar-refractivity contribution in [3.05, 3.63) is 49.7 Å². The predicted molar refractivity (Wildman–Crippen MR) is 78.2 cm³/mol. The van der Waals surface area contributed by atoms with E-state index in [-0.39, 0.29) is 12.1 Å². The third kappa shape index (κ3) is 5.91. The minimum Gasteiger partial charge on any atom is -0.360 e. The van der Waals surface area contributed by atoms with Gasteiger partial charge in [0.1, 0.15) is 6.17 Å². The summed E-state index contributed by atoms with van der Waals surface area (Å²) in [4.78, 5) is 6.45. The third-order valence-electron chi connectivity index (χ3n) is 2.68. The molecular weight excluding hydrogens is 208 g/mol. The molecule has 0 aliphatic carbocycles. The number of nitrogens with zero attached hydrogens (tertiary/aromatic N) is 2. The molecule has 0 N–H and O–H groups in total. The third-order valence-corrected chi connectivity index (χ3v) is 2.68. The summed E-state index contributed by atoms with van der Waals surface area (Å²) in [5.74, 6) is 0.271. The molecule has 2 atom stereocenters. The van der Waals surface area contributed by atoms with Crippen LogP contribution in [0.2, 0.25) is 0 Å². The highest BCUT2D eigenvalue weighted by molar-refractivity contribution is 5.66. The number of hydrogen-bond acceptors (Lipinski definition) is 2. The molecule has 0 spiro atoms. The lowest BCUT2D eigenvalue weighted by atomic mass is 10.0. The smallest absolute Gasteiger partial charge is 0.117 e. The van der Waals surface area contributed by atoms with E-state index in [1.54, 1.807) is 6.20 Å². The van der Waals surface area contributed by atoms with Crippen LogP contribution in [-0.4, -0.2) is 24.3 Å². The summed E-state index contributed by atoms with van der Waals surface area (Å²) in [6.45, 7) is 15.4. The Hall–Kier alpha value is -1.57. The van der Waals surface area contributed by atoms with Crippen molar-refractivity contribution in [1.82, 2.24) is 4.90 Å². The van der Waals surface area contributed by atoms with E-state index in [4.69, 9.17) is 0 Å². The van der Waals surface area contributed by atoms with Gasteiger partial charge in [-0.05, 0) is 25.1 Å². The fourth-order valence-electron chi connectivity index (χ4n) is 1.27. The van der Waals surface area contributed by atoms with E-state index in [9.17, 15) is 0 Å². The van der Waals surface area contributed by atoms with Gasteiger partial charge in [0.05, 0.1) is 0 Å². The first-order valence-electron chi connectivity index (χ1n) is 5.88. The van der Waals surface area contributed by atoms with Crippen molar-refractivity contribution in [2.24, 2.45) is 10.9 Å². The monoisotopic (exact) mass is 232 g/mol. The van der Waals surface area contributed by atoms with E-state index in [2.05, 4.69) is 37.7 Å². The molecule has 0 aromatic rings. The zero-order valence-corrected chi connectivity index (χ0v) is 11.3. The molecule has 0 aromatic carbocycles. The second-order valence-electron chi connectivity index (χ2n) is 4.00. The summed E-state index contributed by atoms with van der Waals surface area (Å²) in [5.41, 5.74) is 1.18. The molecule has 17 heavy (non-hydrogen) atoms. The molecule has 0 saturated carbocycles. The molecule has 0 radical (unpaired) electrons. The van der Waals surface area contributed by atoms with Crippen LogP contribution in [0.3, 0.4) is 0 Å². The topological polar surface area (TPSA) is 15.6 Å². The van der Waals surface area contributed by atoms with Crippen LogP contribution in [-0.2, 0) is 0 Å². The minimum atomic E-state index is 0.111. The average Bonchev–Trinajstić information content (AvgIpc) is 2.35. The molecule has 0 bridgehead atoms. The summed E-state index contributed by atoms with van der Waals surface area (Å²) in [7, 11) is 1.96. The van der Waals surface area contributed by atoms with Crippen LogP contribution in [0.1, 0.15) is 20.3 Å². The van der Waals surface area contributed by atoms with Gasteiger partial charge in [0, 0.05) is 19.2 Å². The Balaban J connectivity index is 4.54. The highest BCUT2D eigenvalue weighted by Gasteiger charge is 2.04. The van der Waals surface area contributed by atoms with Crippen molar-refractivity contribution in [2.45, 2.75) is 26.4 Å².